The molecule has 2 N–H and O–H groups in total. The van der Waals surface area contributed by atoms with Crippen LogP contribution >= 0.6 is 0 Å². The molecule has 1 fully saturated rings. The van der Waals surface area contributed by atoms with Crippen molar-refractivity contribution in [2.45, 2.75) is 43.8 Å². The van der Waals surface area contributed by atoms with Gasteiger partial charge in [-0.05, 0) is 25.0 Å². The number of carboxylic acids is 1. The Hall–Kier alpha value is -1.79. The Kier molecular flexibility index (Phi) is 3.87. The number of aromatic nitrogens is 1. The molecule has 0 unspecified atom stereocenters. The van der Waals surface area contributed by atoms with Crippen LogP contribution in [0, 0.1) is 0 Å². The molecule has 1 aromatic rings. The molecule has 0 amide bonds. The van der Waals surface area contributed by atoms with E-state index in [2.05, 4.69) is 10.3 Å². The third-order valence-corrected chi connectivity index (χ3v) is 3.57. The maximum Gasteiger partial charge on any atom is 0.416 e. The fraction of sp³-hybridized carbons (Fsp3) is 0.538. The number of pyridine rings is 1. The SMILES string of the molecule is O=C(O)C1(Nc2cc(C(F)(F)F)ccn2)CCCCC1. The van der Waals surface area contributed by atoms with E-state index in [0.717, 1.165) is 37.6 Å². The zero-order chi connectivity index (χ0) is 14.8. The molecule has 4 nitrogen and oxygen atoms in total. The number of nitrogens with one attached hydrogen (secondary N) is 1. The minimum Gasteiger partial charge on any atom is -0.480 e. The predicted molar refractivity (Wildman–Crippen MR) is 66.3 cm³/mol. The van der Waals surface area contributed by atoms with Gasteiger partial charge in [0, 0.05) is 6.20 Å². The predicted octanol–water partition coefficient (Wildman–Crippen LogP) is 3.30. The summed E-state index contributed by atoms with van der Waals surface area (Å²) in [7, 11) is 0. The molecule has 0 aliphatic heterocycles. The van der Waals surface area contributed by atoms with Gasteiger partial charge in [0.25, 0.3) is 0 Å². The summed E-state index contributed by atoms with van der Waals surface area (Å²) in [6.45, 7) is 0. The highest BCUT2D eigenvalue weighted by molar-refractivity contribution is 5.82. The molecule has 1 aliphatic rings. The third-order valence-electron chi connectivity index (χ3n) is 3.57. The van der Waals surface area contributed by atoms with Gasteiger partial charge in [0.1, 0.15) is 11.4 Å². The minimum atomic E-state index is -4.47. The lowest BCUT2D eigenvalue weighted by atomic mass is 9.81. The first-order chi connectivity index (χ1) is 9.33. The molecule has 1 aliphatic carbocycles. The Morgan fingerprint density at radius 1 is 1.30 bits per heavy atom. The average Bonchev–Trinajstić information content (AvgIpc) is 2.39. The smallest absolute Gasteiger partial charge is 0.416 e. The standard InChI is InChI=1S/C13H15F3N2O2/c14-13(15,16)9-4-7-17-10(8-9)18-12(11(19)20)5-2-1-3-6-12/h4,7-8H,1-3,5-6H2,(H,17,18)(H,19,20). The Balaban J connectivity index is 2.25. The molecule has 1 heterocycles. The van der Waals surface area contributed by atoms with Crippen LogP contribution in [0.5, 0.6) is 0 Å². The van der Waals surface area contributed by atoms with Crippen molar-refractivity contribution in [1.29, 1.82) is 0 Å². The zero-order valence-electron chi connectivity index (χ0n) is 10.7. The molecule has 0 atom stereocenters. The third kappa shape index (κ3) is 3.02. The van der Waals surface area contributed by atoms with Gasteiger partial charge in [-0.15, -0.1) is 0 Å². The number of halogens is 3. The maximum absolute atomic E-state index is 12.6. The topological polar surface area (TPSA) is 62.2 Å². The van der Waals surface area contributed by atoms with E-state index >= 15 is 0 Å². The summed E-state index contributed by atoms with van der Waals surface area (Å²) in [6.07, 6.45) is -0.254. The van der Waals surface area contributed by atoms with E-state index in [9.17, 15) is 23.1 Å². The summed E-state index contributed by atoms with van der Waals surface area (Å²) in [5.41, 5.74) is -2.05. The normalized spacial score (nSPS) is 18.6. The van der Waals surface area contributed by atoms with Crippen LogP contribution in [0.1, 0.15) is 37.7 Å². The molecule has 1 aromatic heterocycles. The highest BCUT2D eigenvalue weighted by Crippen LogP contribution is 2.34. The average molecular weight is 288 g/mol. The quantitative estimate of drug-likeness (QED) is 0.895. The van der Waals surface area contributed by atoms with Crippen LogP contribution in [-0.4, -0.2) is 21.6 Å². The molecule has 2 rings (SSSR count). The number of rotatable bonds is 3. The summed E-state index contributed by atoms with van der Waals surface area (Å²) < 4.78 is 37.9. The van der Waals surface area contributed by atoms with Gasteiger partial charge < -0.3 is 10.4 Å². The second kappa shape index (κ2) is 5.30. The second-order valence-electron chi connectivity index (χ2n) is 5.00. The van der Waals surface area contributed by atoms with Gasteiger partial charge in [0.2, 0.25) is 0 Å². The zero-order valence-corrected chi connectivity index (χ0v) is 10.7. The highest BCUT2D eigenvalue weighted by atomic mass is 19.4. The minimum absolute atomic E-state index is 0.0517. The number of carbonyl (C=O) groups is 1. The van der Waals surface area contributed by atoms with E-state index in [1.807, 2.05) is 0 Å². The molecule has 0 aromatic carbocycles. The van der Waals surface area contributed by atoms with Crippen LogP contribution in [0.15, 0.2) is 18.3 Å². The van der Waals surface area contributed by atoms with Gasteiger partial charge in [0.15, 0.2) is 0 Å². The number of hydrogen-bond acceptors (Lipinski definition) is 3. The van der Waals surface area contributed by atoms with Crippen molar-refractivity contribution in [3.05, 3.63) is 23.9 Å². The van der Waals surface area contributed by atoms with E-state index in [1.54, 1.807) is 0 Å². The van der Waals surface area contributed by atoms with Gasteiger partial charge in [-0.25, -0.2) is 9.78 Å². The lowest BCUT2D eigenvalue weighted by Crippen LogP contribution is -2.48. The highest BCUT2D eigenvalue weighted by Gasteiger charge is 2.40. The maximum atomic E-state index is 12.6. The van der Waals surface area contributed by atoms with E-state index in [0.29, 0.717) is 12.8 Å². The van der Waals surface area contributed by atoms with Crippen LogP contribution in [0.3, 0.4) is 0 Å². The van der Waals surface area contributed by atoms with Gasteiger partial charge in [-0.2, -0.15) is 13.2 Å². The first-order valence-corrected chi connectivity index (χ1v) is 6.38. The number of carboxylic acid groups (broad SMARTS) is 1. The first kappa shape index (κ1) is 14.6. The van der Waals surface area contributed by atoms with Crippen molar-refractivity contribution in [3.8, 4) is 0 Å². The van der Waals surface area contributed by atoms with Crippen molar-refractivity contribution in [2.75, 3.05) is 5.32 Å². The molecular weight excluding hydrogens is 273 g/mol. The molecule has 0 bridgehead atoms. The van der Waals surface area contributed by atoms with Crippen molar-refractivity contribution >= 4 is 11.8 Å². The molecule has 0 radical (unpaired) electrons. The fourth-order valence-electron chi connectivity index (χ4n) is 2.47. The summed E-state index contributed by atoms with van der Waals surface area (Å²) in [5, 5.41) is 12.1. The van der Waals surface area contributed by atoms with Crippen molar-refractivity contribution in [1.82, 2.24) is 4.98 Å². The Labute approximate surface area is 114 Å². The summed E-state index contributed by atoms with van der Waals surface area (Å²) in [4.78, 5) is 15.2. The molecule has 0 saturated heterocycles. The van der Waals surface area contributed by atoms with Crippen LogP contribution in [0.2, 0.25) is 0 Å². The van der Waals surface area contributed by atoms with Crippen LogP contribution in [0.4, 0.5) is 19.0 Å². The number of aliphatic carboxylic acids is 1. The van der Waals surface area contributed by atoms with Gasteiger partial charge in [-0.3, -0.25) is 0 Å². The lowest BCUT2D eigenvalue weighted by molar-refractivity contribution is -0.143. The number of hydrogen-bond donors (Lipinski definition) is 2. The number of alkyl halides is 3. The van der Waals surface area contributed by atoms with Gasteiger partial charge in [-0.1, -0.05) is 19.3 Å². The van der Waals surface area contributed by atoms with Crippen LogP contribution < -0.4 is 5.32 Å². The monoisotopic (exact) mass is 288 g/mol. The summed E-state index contributed by atoms with van der Waals surface area (Å²) in [5.74, 6) is -1.10. The largest absolute Gasteiger partial charge is 0.480 e. The molecule has 1 saturated carbocycles. The first-order valence-electron chi connectivity index (χ1n) is 6.38. The molecule has 0 spiro atoms. The van der Waals surface area contributed by atoms with Crippen LogP contribution in [-0.2, 0) is 11.0 Å². The van der Waals surface area contributed by atoms with E-state index in [-0.39, 0.29) is 5.82 Å². The fourth-order valence-corrected chi connectivity index (χ4v) is 2.47. The molecule has 20 heavy (non-hydrogen) atoms. The Morgan fingerprint density at radius 2 is 1.95 bits per heavy atom. The Morgan fingerprint density at radius 3 is 2.50 bits per heavy atom. The van der Waals surface area contributed by atoms with Crippen molar-refractivity contribution < 1.29 is 23.1 Å². The van der Waals surface area contributed by atoms with E-state index in [4.69, 9.17) is 0 Å². The van der Waals surface area contributed by atoms with E-state index < -0.39 is 23.2 Å². The lowest BCUT2D eigenvalue weighted by Gasteiger charge is -2.34. The summed E-state index contributed by atoms with van der Waals surface area (Å²) >= 11 is 0. The van der Waals surface area contributed by atoms with Crippen LogP contribution in [0.25, 0.3) is 0 Å². The Bertz CT molecular complexity index is 497. The van der Waals surface area contributed by atoms with Gasteiger partial charge in [0.05, 0.1) is 5.56 Å². The summed E-state index contributed by atoms with van der Waals surface area (Å²) in [6, 6.07) is 1.71. The van der Waals surface area contributed by atoms with Gasteiger partial charge >= 0.3 is 12.1 Å². The second-order valence-corrected chi connectivity index (χ2v) is 5.00. The van der Waals surface area contributed by atoms with E-state index in [1.165, 1.54) is 0 Å². The number of anilines is 1. The molecule has 7 heteroatoms. The van der Waals surface area contributed by atoms with Crippen molar-refractivity contribution in [3.63, 3.8) is 0 Å². The number of nitrogens with zero attached hydrogens (tertiary/aromatic N) is 1. The van der Waals surface area contributed by atoms with Crippen molar-refractivity contribution in [2.24, 2.45) is 0 Å². The molecule has 110 valence electrons. The molecular formula is C13H15F3N2O2.